The summed E-state index contributed by atoms with van der Waals surface area (Å²) in [4.78, 5) is 4.72. The van der Waals surface area contributed by atoms with E-state index in [1.807, 2.05) is 24.3 Å². The van der Waals surface area contributed by atoms with E-state index >= 15 is 0 Å². The molecule has 0 spiro atoms. The van der Waals surface area contributed by atoms with Gasteiger partial charge in [0.1, 0.15) is 15.7 Å². The van der Waals surface area contributed by atoms with Crippen LogP contribution in [-0.4, -0.2) is 34.1 Å². The van der Waals surface area contributed by atoms with Crippen LogP contribution in [0.2, 0.25) is 0 Å². The van der Waals surface area contributed by atoms with Crippen molar-refractivity contribution in [2.45, 2.75) is 17.9 Å². The molecular formula is C19H22N4O3S. The second-order valence-corrected chi connectivity index (χ2v) is 8.02. The number of benzene rings is 2. The average molecular weight is 386 g/mol. The maximum atomic E-state index is 12.4. The van der Waals surface area contributed by atoms with Gasteiger partial charge in [0.2, 0.25) is 0 Å². The number of fused-ring (bicyclic) bond motifs is 1. The van der Waals surface area contributed by atoms with Crippen molar-refractivity contribution in [2.24, 2.45) is 0 Å². The van der Waals surface area contributed by atoms with E-state index in [2.05, 4.69) is 15.0 Å². The number of pyridine rings is 1. The summed E-state index contributed by atoms with van der Waals surface area (Å²) < 4.78 is 28.2. The van der Waals surface area contributed by atoms with Crippen molar-refractivity contribution in [3.8, 4) is 5.75 Å². The van der Waals surface area contributed by atoms with Crippen LogP contribution in [0.25, 0.3) is 10.9 Å². The standard InChI is InChI=1S/C19H22N4O3S/c1-13(24)12-22-27(20,25)16-6-3-14(4-7-16)23-18-9-10-21-19-11-15(26-2)5-8-17(18)19/h3-11,13,24H,12H2,1-2H3,(H,21,23)(H2,20,22,25)/t13-,27+/m0/s1. The predicted octanol–water partition coefficient (Wildman–Crippen LogP) is 3.28. The minimum atomic E-state index is -3.15. The van der Waals surface area contributed by atoms with Crippen LogP contribution in [0.1, 0.15) is 6.92 Å². The molecule has 1 aromatic heterocycles. The van der Waals surface area contributed by atoms with Crippen LogP contribution in [0.15, 0.2) is 59.6 Å². The van der Waals surface area contributed by atoms with Gasteiger partial charge >= 0.3 is 0 Å². The summed E-state index contributed by atoms with van der Waals surface area (Å²) in [7, 11) is -1.53. The van der Waals surface area contributed by atoms with Gasteiger partial charge in [0.15, 0.2) is 0 Å². The van der Waals surface area contributed by atoms with Gasteiger partial charge in [0.25, 0.3) is 0 Å². The first-order chi connectivity index (χ1) is 12.9. The van der Waals surface area contributed by atoms with Crippen LogP contribution in [-0.2, 0) is 9.92 Å². The van der Waals surface area contributed by atoms with Crippen LogP contribution in [0, 0.1) is 4.78 Å². The smallest absolute Gasteiger partial charge is 0.134 e. The highest BCUT2D eigenvalue weighted by Crippen LogP contribution is 2.28. The first-order valence-electron chi connectivity index (χ1n) is 8.40. The molecular weight excluding hydrogens is 364 g/mol. The first kappa shape index (κ1) is 19.1. The third-order valence-electron chi connectivity index (χ3n) is 4.00. The number of aliphatic hydroxyl groups is 1. The largest absolute Gasteiger partial charge is 0.497 e. The highest BCUT2D eigenvalue weighted by Gasteiger charge is 2.11. The molecule has 0 radical (unpaired) electrons. The Hall–Kier alpha value is -2.68. The molecule has 2 aromatic carbocycles. The molecule has 0 aliphatic heterocycles. The Labute approximate surface area is 158 Å². The van der Waals surface area contributed by atoms with Gasteiger partial charge in [-0.2, -0.15) is 0 Å². The Morgan fingerprint density at radius 2 is 1.96 bits per heavy atom. The van der Waals surface area contributed by atoms with Crippen LogP contribution >= 0.6 is 0 Å². The fourth-order valence-electron chi connectivity index (χ4n) is 2.57. The molecule has 142 valence electrons. The SMILES string of the molecule is COc1ccc2c(Nc3ccc([S@](=N)(=O)NC[C@H](C)O)cc3)ccnc2c1. The molecule has 4 N–H and O–H groups in total. The molecule has 7 nitrogen and oxygen atoms in total. The van der Waals surface area contributed by atoms with Crippen molar-refractivity contribution < 1.29 is 14.1 Å². The molecule has 3 rings (SSSR count). The van der Waals surface area contributed by atoms with Gasteiger partial charge in [-0.3, -0.25) is 4.98 Å². The number of anilines is 2. The highest BCUT2D eigenvalue weighted by molar-refractivity contribution is 7.90. The van der Waals surface area contributed by atoms with Gasteiger partial charge < -0.3 is 15.2 Å². The molecule has 0 fully saturated rings. The number of hydrogen-bond acceptors (Lipinski definition) is 6. The lowest BCUT2D eigenvalue weighted by Crippen LogP contribution is -2.29. The quantitative estimate of drug-likeness (QED) is 0.498. The van der Waals surface area contributed by atoms with Crippen LogP contribution < -0.4 is 14.8 Å². The molecule has 0 amide bonds. The summed E-state index contributed by atoms with van der Waals surface area (Å²) >= 11 is 0. The van der Waals surface area contributed by atoms with Crippen LogP contribution in [0.3, 0.4) is 0 Å². The zero-order valence-corrected chi connectivity index (χ0v) is 15.9. The molecule has 0 unspecified atom stereocenters. The molecule has 0 bridgehead atoms. The number of rotatable bonds is 7. The van der Waals surface area contributed by atoms with Crippen molar-refractivity contribution in [3.05, 3.63) is 54.7 Å². The zero-order chi connectivity index (χ0) is 19.4. The number of aromatic nitrogens is 1. The molecule has 1 heterocycles. The van der Waals surface area contributed by atoms with Crippen molar-refractivity contribution in [3.63, 3.8) is 0 Å². The molecule has 0 saturated heterocycles. The Morgan fingerprint density at radius 1 is 1.22 bits per heavy atom. The number of methoxy groups -OCH3 is 1. The monoisotopic (exact) mass is 386 g/mol. The average Bonchev–Trinajstić information content (AvgIpc) is 2.67. The minimum absolute atomic E-state index is 0.0921. The Morgan fingerprint density at radius 3 is 2.63 bits per heavy atom. The summed E-state index contributed by atoms with van der Waals surface area (Å²) in [6.07, 6.45) is 1.05. The van der Waals surface area contributed by atoms with Gasteiger partial charge in [0, 0.05) is 35.6 Å². The van der Waals surface area contributed by atoms with Gasteiger partial charge in [-0.1, -0.05) is 0 Å². The molecule has 8 heteroatoms. The fraction of sp³-hybridized carbons (Fsp3) is 0.211. The van der Waals surface area contributed by atoms with Gasteiger partial charge in [0.05, 0.1) is 23.6 Å². The Bertz CT molecular complexity index is 1030. The maximum Gasteiger partial charge on any atom is 0.134 e. The third kappa shape index (κ3) is 4.54. The lowest BCUT2D eigenvalue weighted by atomic mass is 10.1. The summed E-state index contributed by atoms with van der Waals surface area (Å²) in [6.45, 7) is 1.67. The lowest BCUT2D eigenvalue weighted by Gasteiger charge is -2.13. The zero-order valence-electron chi connectivity index (χ0n) is 15.1. The molecule has 3 aromatic rings. The fourth-order valence-corrected chi connectivity index (χ4v) is 3.73. The number of nitrogens with one attached hydrogen (secondary N) is 3. The van der Waals surface area contributed by atoms with E-state index in [4.69, 9.17) is 9.52 Å². The van der Waals surface area contributed by atoms with E-state index < -0.39 is 16.0 Å². The van der Waals surface area contributed by atoms with E-state index in [0.717, 1.165) is 28.0 Å². The van der Waals surface area contributed by atoms with Crippen LogP contribution in [0.5, 0.6) is 5.75 Å². The number of ether oxygens (including phenoxy) is 1. The van der Waals surface area contributed by atoms with Gasteiger partial charge in [-0.05, 0) is 49.4 Å². The van der Waals surface area contributed by atoms with Crippen molar-refractivity contribution >= 4 is 32.2 Å². The molecule has 0 aliphatic carbocycles. The van der Waals surface area contributed by atoms with E-state index in [0.29, 0.717) is 4.90 Å². The van der Waals surface area contributed by atoms with Crippen LogP contribution in [0.4, 0.5) is 11.4 Å². The third-order valence-corrected chi connectivity index (χ3v) is 5.51. The van der Waals surface area contributed by atoms with Crippen molar-refractivity contribution in [1.82, 2.24) is 9.71 Å². The second kappa shape index (κ2) is 7.91. The van der Waals surface area contributed by atoms with E-state index in [9.17, 15) is 9.32 Å². The highest BCUT2D eigenvalue weighted by atomic mass is 32.2. The topological polar surface area (TPSA) is 107 Å². The summed E-state index contributed by atoms with van der Waals surface area (Å²) in [5, 5.41) is 13.6. The predicted molar refractivity (Wildman–Crippen MR) is 107 cm³/mol. The molecule has 27 heavy (non-hydrogen) atoms. The van der Waals surface area contributed by atoms with Crippen molar-refractivity contribution in [1.29, 1.82) is 4.78 Å². The molecule has 0 saturated carbocycles. The Balaban J connectivity index is 1.82. The first-order valence-corrected chi connectivity index (χ1v) is 9.96. The number of aliphatic hydroxyl groups excluding tert-OH is 1. The summed E-state index contributed by atoms with van der Waals surface area (Å²) in [5.74, 6) is 0.742. The van der Waals surface area contributed by atoms with Gasteiger partial charge in [-0.25, -0.2) is 13.7 Å². The normalized spacial score (nSPS) is 14.5. The maximum absolute atomic E-state index is 12.4. The minimum Gasteiger partial charge on any atom is -0.497 e. The second-order valence-electron chi connectivity index (χ2n) is 6.14. The summed E-state index contributed by atoms with van der Waals surface area (Å²) in [5.41, 5.74) is 2.49. The van der Waals surface area contributed by atoms with Gasteiger partial charge in [-0.15, -0.1) is 0 Å². The number of nitrogens with zero attached hydrogens (tertiary/aromatic N) is 1. The lowest BCUT2D eigenvalue weighted by molar-refractivity contribution is 0.199. The molecule has 2 atom stereocenters. The van der Waals surface area contributed by atoms with E-state index in [1.165, 1.54) is 0 Å². The molecule has 0 aliphatic rings. The van der Waals surface area contributed by atoms with Crippen molar-refractivity contribution in [2.75, 3.05) is 19.0 Å². The van der Waals surface area contributed by atoms with E-state index in [1.54, 1.807) is 44.5 Å². The Kier molecular flexibility index (Phi) is 5.59. The summed E-state index contributed by atoms with van der Waals surface area (Å²) in [6, 6.07) is 14.4. The number of hydrogen-bond donors (Lipinski definition) is 4. The van der Waals surface area contributed by atoms with E-state index in [-0.39, 0.29) is 6.54 Å².